The minimum atomic E-state index is -0.189. The van der Waals surface area contributed by atoms with Crippen LogP contribution < -0.4 is 5.73 Å². The van der Waals surface area contributed by atoms with E-state index >= 15 is 0 Å². The van der Waals surface area contributed by atoms with Gasteiger partial charge < -0.3 is 10.6 Å². The molecule has 2 rings (SSSR count). The molecular formula is C15H19ClN4O. The Morgan fingerprint density at radius 2 is 2.10 bits per heavy atom. The first-order valence-corrected chi connectivity index (χ1v) is 7.31. The molecule has 1 aromatic heterocycles. The zero-order valence-electron chi connectivity index (χ0n) is 12.2. The standard InChI is InChI=1S/C15H19ClN4O/c1-3-12-13(17)14(19-18-12)15(21)20(4-2)9-10-7-5-6-8-11(10)16/h5-8H,3-4,9,17H2,1-2H3,(H,18,19). The average molecular weight is 307 g/mol. The lowest BCUT2D eigenvalue weighted by molar-refractivity contribution is 0.0747. The lowest BCUT2D eigenvalue weighted by atomic mass is 10.2. The van der Waals surface area contributed by atoms with E-state index in [9.17, 15) is 4.79 Å². The second kappa shape index (κ2) is 6.63. The number of amides is 1. The van der Waals surface area contributed by atoms with E-state index in [0.29, 0.717) is 30.2 Å². The second-order valence-electron chi connectivity index (χ2n) is 4.73. The summed E-state index contributed by atoms with van der Waals surface area (Å²) in [7, 11) is 0. The van der Waals surface area contributed by atoms with E-state index < -0.39 is 0 Å². The Morgan fingerprint density at radius 1 is 1.38 bits per heavy atom. The van der Waals surface area contributed by atoms with Crippen molar-refractivity contribution in [3.05, 3.63) is 46.2 Å². The molecule has 1 aromatic carbocycles. The zero-order chi connectivity index (χ0) is 15.4. The van der Waals surface area contributed by atoms with Crippen LogP contribution in [0.3, 0.4) is 0 Å². The minimum Gasteiger partial charge on any atom is -0.395 e. The molecule has 0 atom stereocenters. The third-order valence-corrected chi connectivity index (χ3v) is 3.80. The molecule has 0 spiro atoms. The molecule has 0 aliphatic carbocycles. The monoisotopic (exact) mass is 306 g/mol. The van der Waals surface area contributed by atoms with E-state index in [1.165, 1.54) is 0 Å². The molecule has 0 saturated carbocycles. The van der Waals surface area contributed by atoms with Gasteiger partial charge >= 0.3 is 0 Å². The van der Waals surface area contributed by atoms with Gasteiger partial charge in [0, 0.05) is 18.1 Å². The van der Waals surface area contributed by atoms with Crippen molar-refractivity contribution < 1.29 is 4.79 Å². The maximum Gasteiger partial charge on any atom is 0.276 e. The van der Waals surface area contributed by atoms with E-state index in [1.54, 1.807) is 4.90 Å². The van der Waals surface area contributed by atoms with E-state index in [0.717, 1.165) is 11.3 Å². The van der Waals surface area contributed by atoms with E-state index in [4.69, 9.17) is 17.3 Å². The van der Waals surface area contributed by atoms with Gasteiger partial charge in [0.15, 0.2) is 5.69 Å². The molecule has 21 heavy (non-hydrogen) atoms. The highest BCUT2D eigenvalue weighted by Gasteiger charge is 2.22. The zero-order valence-corrected chi connectivity index (χ0v) is 12.9. The molecule has 0 fully saturated rings. The van der Waals surface area contributed by atoms with Crippen LogP contribution in [0, 0.1) is 0 Å². The Kier molecular flexibility index (Phi) is 4.85. The van der Waals surface area contributed by atoms with Crippen LogP contribution in [0.25, 0.3) is 0 Å². The number of hydrogen-bond donors (Lipinski definition) is 2. The van der Waals surface area contributed by atoms with Gasteiger partial charge in [0.25, 0.3) is 5.91 Å². The number of carbonyl (C=O) groups excluding carboxylic acids is 1. The maximum atomic E-state index is 12.6. The van der Waals surface area contributed by atoms with Crippen molar-refractivity contribution in [3.8, 4) is 0 Å². The summed E-state index contributed by atoms with van der Waals surface area (Å²) in [6.45, 7) is 4.86. The Bertz CT molecular complexity index is 638. The van der Waals surface area contributed by atoms with E-state index in [-0.39, 0.29) is 11.6 Å². The number of hydrogen-bond acceptors (Lipinski definition) is 3. The predicted molar refractivity (Wildman–Crippen MR) is 84.2 cm³/mol. The van der Waals surface area contributed by atoms with Crippen LogP contribution in [-0.2, 0) is 13.0 Å². The van der Waals surface area contributed by atoms with Crippen molar-refractivity contribution in [1.82, 2.24) is 15.1 Å². The van der Waals surface area contributed by atoms with Gasteiger partial charge in [-0.3, -0.25) is 9.89 Å². The second-order valence-corrected chi connectivity index (χ2v) is 5.14. The first-order chi connectivity index (χ1) is 10.1. The normalized spacial score (nSPS) is 10.6. The number of halogens is 1. The van der Waals surface area contributed by atoms with Crippen molar-refractivity contribution in [2.24, 2.45) is 0 Å². The topological polar surface area (TPSA) is 75.0 Å². The lowest BCUT2D eigenvalue weighted by Gasteiger charge is -2.20. The molecule has 0 unspecified atom stereocenters. The number of rotatable bonds is 5. The Morgan fingerprint density at radius 3 is 2.67 bits per heavy atom. The fourth-order valence-electron chi connectivity index (χ4n) is 2.13. The van der Waals surface area contributed by atoms with Gasteiger partial charge in [-0.25, -0.2) is 0 Å². The van der Waals surface area contributed by atoms with Crippen molar-refractivity contribution in [2.75, 3.05) is 12.3 Å². The van der Waals surface area contributed by atoms with Crippen LogP contribution in [0.2, 0.25) is 5.02 Å². The summed E-state index contributed by atoms with van der Waals surface area (Å²) in [5.41, 5.74) is 8.36. The molecule has 5 nitrogen and oxygen atoms in total. The first-order valence-electron chi connectivity index (χ1n) is 6.93. The number of H-pyrrole nitrogens is 1. The van der Waals surface area contributed by atoms with Crippen LogP contribution in [0.1, 0.15) is 35.6 Å². The van der Waals surface area contributed by atoms with Crippen LogP contribution >= 0.6 is 11.6 Å². The van der Waals surface area contributed by atoms with Gasteiger partial charge in [0.2, 0.25) is 0 Å². The number of anilines is 1. The number of aromatic nitrogens is 2. The van der Waals surface area contributed by atoms with Crippen LogP contribution in [0.4, 0.5) is 5.69 Å². The Hall–Kier alpha value is -2.01. The number of aromatic amines is 1. The van der Waals surface area contributed by atoms with Crippen LogP contribution in [-0.4, -0.2) is 27.5 Å². The molecule has 1 heterocycles. The Labute approximate surface area is 129 Å². The summed E-state index contributed by atoms with van der Waals surface area (Å²) in [4.78, 5) is 14.2. The maximum absolute atomic E-state index is 12.6. The summed E-state index contributed by atoms with van der Waals surface area (Å²) in [5.74, 6) is -0.189. The number of nitrogens with zero attached hydrogens (tertiary/aromatic N) is 2. The Balaban J connectivity index is 2.23. The third-order valence-electron chi connectivity index (χ3n) is 3.43. The highest BCUT2D eigenvalue weighted by molar-refractivity contribution is 6.31. The lowest BCUT2D eigenvalue weighted by Crippen LogP contribution is -2.31. The van der Waals surface area contributed by atoms with Gasteiger partial charge in [0.1, 0.15) is 0 Å². The minimum absolute atomic E-state index is 0.189. The molecule has 0 aliphatic heterocycles. The molecule has 0 bridgehead atoms. The van der Waals surface area contributed by atoms with E-state index in [1.807, 2.05) is 38.1 Å². The number of carbonyl (C=O) groups is 1. The fourth-order valence-corrected chi connectivity index (χ4v) is 2.32. The third kappa shape index (κ3) is 3.19. The molecule has 0 saturated heterocycles. The van der Waals surface area contributed by atoms with Gasteiger partial charge in [-0.05, 0) is 25.0 Å². The molecule has 2 aromatic rings. The van der Waals surface area contributed by atoms with Gasteiger partial charge in [-0.2, -0.15) is 5.10 Å². The number of aryl methyl sites for hydroxylation is 1. The van der Waals surface area contributed by atoms with E-state index in [2.05, 4.69) is 10.2 Å². The summed E-state index contributed by atoms with van der Waals surface area (Å²) in [6, 6.07) is 7.48. The van der Waals surface area contributed by atoms with Gasteiger partial charge in [-0.1, -0.05) is 36.7 Å². The highest BCUT2D eigenvalue weighted by Crippen LogP contribution is 2.20. The molecule has 6 heteroatoms. The smallest absolute Gasteiger partial charge is 0.276 e. The molecular weight excluding hydrogens is 288 g/mol. The summed E-state index contributed by atoms with van der Waals surface area (Å²) in [6.07, 6.45) is 0.711. The largest absolute Gasteiger partial charge is 0.395 e. The summed E-state index contributed by atoms with van der Waals surface area (Å²) >= 11 is 6.15. The molecule has 0 radical (unpaired) electrons. The predicted octanol–water partition coefficient (Wildman–Crippen LogP) is 2.87. The van der Waals surface area contributed by atoms with Crippen molar-refractivity contribution in [1.29, 1.82) is 0 Å². The number of benzene rings is 1. The van der Waals surface area contributed by atoms with Crippen molar-refractivity contribution in [2.45, 2.75) is 26.8 Å². The quantitative estimate of drug-likeness (QED) is 0.892. The summed E-state index contributed by atoms with van der Waals surface area (Å²) in [5, 5.41) is 7.50. The van der Waals surface area contributed by atoms with Crippen molar-refractivity contribution >= 4 is 23.2 Å². The number of nitrogen functional groups attached to an aromatic ring is 1. The molecule has 3 N–H and O–H groups in total. The SMILES string of the molecule is CCc1[nH]nc(C(=O)N(CC)Cc2ccccc2Cl)c1N. The number of nitrogens with two attached hydrogens (primary N) is 1. The summed E-state index contributed by atoms with van der Waals surface area (Å²) < 4.78 is 0. The fraction of sp³-hybridized carbons (Fsp3) is 0.333. The molecule has 112 valence electrons. The van der Waals surface area contributed by atoms with Gasteiger partial charge in [-0.15, -0.1) is 0 Å². The highest BCUT2D eigenvalue weighted by atomic mass is 35.5. The molecule has 0 aliphatic rings. The average Bonchev–Trinajstić information content (AvgIpc) is 2.86. The van der Waals surface area contributed by atoms with Crippen LogP contribution in [0.5, 0.6) is 0 Å². The van der Waals surface area contributed by atoms with Gasteiger partial charge in [0.05, 0.1) is 11.4 Å². The number of nitrogens with one attached hydrogen (secondary N) is 1. The first kappa shape index (κ1) is 15.4. The molecule has 1 amide bonds. The van der Waals surface area contributed by atoms with Crippen LogP contribution in [0.15, 0.2) is 24.3 Å². The van der Waals surface area contributed by atoms with Crippen molar-refractivity contribution in [3.63, 3.8) is 0 Å².